The number of hydrogen-bond donors (Lipinski definition) is 1. The predicted molar refractivity (Wildman–Crippen MR) is 50.5 cm³/mol. The van der Waals surface area contributed by atoms with Gasteiger partial charge in [-0.2, -0.15) is 5.10 Å². The van der Waals surface area contributed by atoms with Crippen LogP contribution in [0.3, 0.4) is 0 Å². The molecule has 1 atom stereocenters. The number of carbonyl (C=O) groups is 1. The van der Waals surface area contributed by atoms with Gasteiger partial charge in [-0.15, -0.1) is 0 Å². The molecular formula is C8H11N3O4. The van der Waals surface area contributed by atoms with Crippen molar-refractivity contribution in [2.75, 3.05) is 0 Å². The molecule has 7 heteroatoms. The molecule has 0 aliphatic rings. The van der Waals surface area contributed by atoms with Gasteiger partial charge < -0.3 is 5.11 Å². The third-order valence-electron chi connectivity index (χ3n) is 2.07. The molecular weight excluding hydrogens is 202 g/mol. The highest BCUT2D eigenvalue weighted by Gasteiger charge is 2.29. The van der Waals surface area contributed by atoms with Gasteiger partial charge >= 0.3 is 11.7 Å². The molecule has 1 rings (SSSR count). The second-order valence-electron chi connectivity index (χ2n) is 3.13. The maximum Gasteiger partial charge on any atom is 0.312 e. The van der Waals surface area contributed by atoms with E-state index in [4.69, 9.17) is 5.11 Å². The minimum atomic E-state index is -1.10. The Morgan fingerprint density at radius 3 is 2.80 bits per heavy atom. The molecule has 0 amide bonds. The third-order valence-corrected chi connectivity index (χ3v) is 2.07. The van der Waals surface area contributed by atoms with E-state index in [1.165, 1.54) is 17.9 Å². The van der Waals surface area contributed by atoms with Crippen LogP contribution in [0.4, 0.5) is 5.69 Å². The lowest BCUT2D eigenvalue weighted by Gasteiger charge is -2.04. The summed E-state index contributed by atoms with van der Waals surface area (Å²) in [5, 5.41) is 23.3. The SMILES string of the molecule is CCC(C(=O)O)c1nn(C)cc1[N+](=O)[O-]. The Balaban J connectivity index is 3.22. The van der Waals surface area contributed by atoms with E-state index in [1.54, 1.807) is 6.92 Å². The first kappa shape index (κ1) is 11.2. The first-order chi connectivity index (χ1) is 6.97. The van der Waals surface area contributed by atoms with Crippen LogP contribution >= 0.6 is 0 Å². The van der Waals surface area contributed by atoms with Gasteiger partial charge in [-0.05, 0) is 6.42 Å². The number of aromatic nitrogens is 2. The second-order valence-corrected chi connectivity index (χ2v) is 3.13. The Kier molecular flexibility index (Phi) is 3.03. The molecule has 0 fully saturated rings. The van der Waals surface area contributed by atoms with Crippen molar-refractivity contribution in [1.29, 1.82) is 0 Å². The smallest absolute Gasteiger partial charge is 0.312 e. The maximum absolute atomic E-state index is 10.8. The largest absolute Gasteiger partial charge is 0.481 e. The lowest BCUT2D eigenvalue weighted by Crippen LogP contribution is -2.12. The van der Waals surface area contributed by atoms with Crippen LogP contribution in [0.15, 0.2) is 6.20 Å². The topological polar surface area (TPSA) is 98.3 Å². The number of aryl methyl sites for hydroxylation is 1. The van der Waals surface area contributed by atoms with Crippen molar-refractivity contribution < 1.29 is 14.8 Å². The summed E-state index contributed by atoms with van der Waals surface area (Å²) in [6.45, 7) is 1.65. The van der Waals surface area contributed by atoms with Crippen molar-refractivity contribution in [2.24, 2.45) is 7.05 Å². The van der Waals surface area contributed by atoms with Gasteiger partial charge in [0, 0.05) is 7.05 Å². The molecule has 1 aromatic heterocycles. The zero-order chi connectivity index (χ0) is 11.6. The molecule has 0 aliphatic heterocycles. The number of carboxylic acid groups (broad SMARTS) is 1. The Labute approximate surface area is 85.5 Å². The number of carboxylic acids is 1. The number of rotatable bonds is 4. The molecule has 1 aromatic rings. The fourth-order valence-electron chi connectivity index (χ4n) is 1.37. The first-order valence-electron chi connectivity index (χ1n) is 4.38. The summed E-state index contributed by atoms with van der Waals surface area (Å²) in [6.07, 6.45) is 1.48. The molecule has 0 saturated carbocycles. The Bertz CT molecular complexity index is 399. The number of nitro groups is 1. The van der Waals surface area contributed by atoms with Crippen molar-refractivity contribution in [1.82, 2.24) is 9.78 Å². The fourth-order valence-corrected chi connectivity index (χ4v) is 1.37. The van der Waals surface area contributed by atoms with Crippen molar-refractivity contribution in [3.8, 4) is 0 Å². The zero-order valence-corrected chi connectivity index (χ0v) is 8.38. The zero-order valence-electron chi connectivity index (χ0n) is 8.38. The average Bonchev–Trinajstić information content (AvgIpc) is 2.48. The highest BCUT2D eigenvalue weighted by atomic mass is 16.6. The van der Waals surface area contributed by atoms with Crippen LogP contribution in [-0.2, 0) is 11.8 Å². The molecule has 0 bridgehead atoms. The van der Waals surface area contributed by atoms with E-state index in [0.29, 0.717) is 0 Å². The normalized spacial score (nSPS) is 12.4. The van der Waals surface area contributed by atoms with Crippen molar-refractivity contribution in [3.63, 3.8) is 0 Å². The second kappa shape index (κ2) is 4.07. The van der Waals surface area contributed by atoms with Gasteiger partial charge in [-0.1, -0.05) is 6.92 Å². The molecule has 0 spiro atoms. The number of aliphatic carboxylic acids is 1. The van der Waals surface area contributed by atoms with Crippen LogP contribution in [0.5, 0.6) is 0 Å². The van der Waals surface area contributed by atoms with E-state index in [9.17, 15) is 14.9 Å². The van der Waals surface area contributed by atoms with E-state index in [1.807, 2.05) is 0 Å². The first-order valence-corrected chi connectivity index (χ1v) is 4.38. The monoisotopic (exact) mass is 213 g/mol. The van der Waals surface area contributed by atoms with E-state index < -0.39 is 16.8 Å². The van der Waals surface area contributed by atoms with Gasteiger partial charge in [0.2, 0.25) is 0 Å². The average molecular weight is 213 g/mol. The lowest BCUT2D eigenvalue weighted by atomic mass is 10.0. The van der Waals surface area contributed by atoms with E-state index >= 15 is 0 Å². The number of nitrogens with zero attached hydrogens (tertiary/aromatic N) is 3. The Morgan fingerprint density at radius 1 is 1.80 bits per heavy atom. The molecule has 0 radical (unpaired) electrons. The van der Waals surface area contributed by atoms with Gasteiger partial charge in [0.15, 0.2) is 5.69 Å². The standard InChI is InChI=1S/C8H11N3O4/c1-3-5(8(12)13)7-6(11(14)15)4-10(2)9-7/h4-5H,3H2,1-2H3,(H,12,13). The minimum absolute atomic E-state index is 0.0116. The molecule has 7 nitrogen and oxygen atoms in total. The van der Waals surface area contributed by atoms with Gasteiger partial charge in [-0.25, -0.2) is 0 Å². The lowest BCUT2D eigenvalue weighted by molar-refractivity contribution is -0.385. The van der Waals surface area contributed by atoms with E-state index in [2.05, 4.69) is 5.10 Å². The van der Waals surface area contributed by atoms with E-state index in [-0.39, 0.29) is 17.8 Å². The summed E-state index contributed by atoms with van der Waals surface area (Å²) in [6, 6.07) is 0. The quantitative estimate of drug-likeness (QED) is 0.592. The summed E-state index contributed by atoms with van der Waals surface area (Å²) < 4.78 is 1.25. The Morgan fingerprint density at radius 2 is 2.40 bits per heavy atom. The highest BCUT2D eigenvalue weighted by molar-refractivity contribution is 5.76. The van der Waals surface area contributed by atoms with Crippen LogP contribution in [-0.4, -0.2) is 25.8 Å². The van der Waals surface area contributed by atoms with Gasteiger partial charge in [0.25, 0.3) is 0 Å². The molecule has 0 aliphatic carbocycles. The summed E-state index contributed by atoms with van der Waals surface area (Å²) >= 11 is 0. The molecule has 1 heterocycles. The van der Waals surface area contributed by atoms with Gasteiger partial charge in [0.05, 0.1) is 4.92 Å². The van der Waals surface area contributed by atoms with Crippen molar-refractivity contribution >= 4 is 11.7 Å². The predicted octanol–water partition coefficient (Wildman–Crippen LogP) is 0.906. The Hall–Kier alpha value is -1.92. The highest BCUT2D eigenvalue weighted by Crippen LogP contribution is 2.27. The fraction of sp³-hybridized carbons (Fsp3) is 0.500. The van der Waals surface area contributed by atoms with Crippen LogP contribution in [0.25, 0.3) is 0 Å². The van der Waals surface area contributed by atoms with Gasteiger partial charge in [0.1, 0.15) is 12.1 Å². The summed E-state index contributed by atoms with van der Waals surface area (Å²) in [5.41, 5.74) is -0.232. The van der Waals surface area contributed by atoms with Crippen LogP contribution in [0, 0.1) is 10.1 Å². The molecule has 1 N–H and O–H groups in total. The van der Waals surface area contributed by atoms with Crippen LogP contribution in [0.2, 0.25) is 0 Å². The summed E-state index contributed by atoms with van der Waals surface area (Å²) in [4.78, 5) is 20.9. The summed E-state index contributed by atoms with van der Waals surface area (Å²) in [5.74, 6) is -2.02. The molecule has 15 heavy (non-hydrogen) atoms. The van der Waals surface area contributed by atoms with Crippen LogP contribution in [0.1, 0.15) is 25.0 Å². The molecule has 82 valence electrons. The van der Waals surface area contributed by atoms with Gasteiger partial charge in [-0.3, -0.25) is 19.6 Å². The molecule has 0 saturated heterocycles. The molecule has 1 unspecified atom stereocenters. The number of hydrogen-bond acceptors (Lipinski definition) is 4. The van der Waals surface area contributed by atoms with Crippen molar-refractivity contribution in [3.05, 3.63) is 22.0 Å². The minimum Gasteiger partial charge on any atom is -0.481 e. The molecule has 0 aromatic carbocycles. The summed E-state index contributed by atoms with van der Waals surface area (Å²) in [7, 11) is 1.52. The van der Waals surface area contributed by atoms with E-state index in [0.717, 1.165) is 0 Å². The maximum atomic E-state index is 10.8. The third kappa shape index (κ3) is 2.12. The van der Waals surface area contributed by atoms with Crippen LogP contribution < -0.4 is 0 Å². The van der Waals surface area contributed by atoms with Crippen molar-refractivity contribution in [2.45, 2.75) is 19.3 Å².